The molecular formula is C12H13Cl2N5O. The van der Waals surface area contributed by atoms with Gasteiger partial charge in [0.15, 0.2) is 5.82 Å². The number of nitrogens with two attached hydrogens (primary N) is 1. The molecule has 0 bridgehead atoms. The maximum atomic E-state index is 12.3. The molecule has 20 heavy (non-hydrogen) atoms. The monoisotopic (exact) mass is 313 g/mol. The van der Waals surface area contributed by atoms with Gasteiger partial charge in [-0.25, -0.2) is 4.98 Å². The Labute approximate surface area is 125 Å². The minimum Gasteiger partial charge on any atom is -0.396 e. The van der Waals surface area contributed by atoms with Crippen LogP contribution in [-0.4, -0.2) is 33.0 Å². The topological polar surface area (TPSA) is 87.9 Å². The van der Waals surface area contributed by atoms with Crippen molar-refractivity contribution >= 4 is 34.8 Å². The van der Waals surface area contributed by atoms with Crippen LogP contribution in [0.1, 0.15) is 22.0 Å². The fourth-order valence-electron chi connectivity index (χ4n) is 1.67. The van der Waals surface area contributed by atoms with Crippen molar-refractivity contribution in [1.82, 2.24) is 20.1 Å². The normalized spacial score (nSPS) is 10.6. The number of anilines is 1. The molecule has 8 heteroatoms. The average molecular weight is 314 g/mol. The van der Waals surface area contributed by atoms with E-state index in [-0.39, 0.29) is 28.2 Å². The minimum absolute atomic E-state index is 0.240. The molecule has 0 radical (unpaired) electrons. The molecule has 0 aliphatic carbocycles. The lowest BCUT2D eigenvalue weighted by atomic mass is 10.2. The summed E-state index contributed by atoms with van der Waals surface area (Å²) in [5.41, 5.74) is 6.27. The van der Waals surface area contributed by atoms with E-state index in [1.807, 2.05) is 0 Å². The van der Waals surface area contributed by atoms with E-state index in [0.29, 0.717) is 17.2 Å². The van der Waals surface area contributed by atoms with E-state index in [4.69, 9.17) is 28.9 Å². The number of halogens is 2. The van der Waals surface area contributed by atoms with Gasteiger partial charge in [-0.3, -0.25) is 9.89 Å². The first-order valence-corrected chi connectivity index (χ1v) is 6.52. The van der Waals surface area contributed by atoms with Crippen molar-refractivity contribution in [3.05, 3.63) is 39.4 Å². The number of nitrogen functional groups attached to an aromatic ring is 1. The third kappa shape index (κ3) is 3.02. The molecule has 0 saturated carbocycles. The molecule has 3 N–H and O–H groups in total. The molecule has 0 aliphatic heterocycles. The van der Waals surface area contributed by atoms with Gasteiger partial charge < -0.3 is 10.6 Å². The van der Waals surface area contributed by atoms with Crippen LogP contribution < -0.4 is 5.73 Å². The number of H-pyrrole nitrogens is 1. The summed E-state index contributed by atoms with van der Waals surface area (Å²) in [6.45, 7) is 2.07. The van der Waals surface area contributed by atoms with Gasteiger partial charge in [0.25, 0.3) is 5.91 Å². The molecule has 0 fully saturated rings. The van der Waals surface area contributed by atoms with Gasteiger partial charge in [-0.1, -0.05) is 23.2 Å². The highest BCUT2D eigenvalue weighted by molar-refractivity contribution is 6.39. The second-order valence-corrected chi connectivity index (χ2v) is 5.17. The van der Waals surface area contributed by atoms with Crippen molar-refractivity contribution in [1.29, 1.82) is 0 Å². The maximum Gasteiger partial charge on any atom is 0.254 e. The molecule has 2 rings (SSSR count). The number of nitrogens with zero attached hydrogens (tertiary/aromatic N) is 3. The average Bonchev–Trinajstić information content (AvgIpc) is 2.79. The number of rotatable bonds is 3. The van der Waals surface area contributed by atoms with Gasteiger partial charge in [-0.15, -0.1) is 0 Å². The van der Waals surface area contributed by atoms with Crippen LogP contribution in [0.5, 0.6) is 0 Å². The Morgan fingerprint density at radius 3 is 2.50 bits per heavy atom. The first kappa shape index (κ1) is 14.6. The van der Waals surface area contributed by atoms with Crippen molar-refractivity contribution in [2.75, 3.05) is 12.8 Å². The number of hydrogen-bond acceptors (Lipinski definition) is 4. The first-order chi connectivity index (χ1) is 9.38. The van der Waals surface area contributed by atoms with Gasteiger partial charge in [-0.05, 0) is 19.1 Å². The summed E-state index contributed by atoms with van der Waals surface area (Å²) in [4.78, 5) is 17.9. The zero-order valence-corrected chi connectivity index (χ0v) is 12.5. The fourth-order valence-corrected chi connectivity index (χ4v) is 2.16. The lowest BCUT2D eigenvalue weighted by molar-refractivity contribution is 0.0781. The number of aromatic nitrogens is 3. The van der Waals surface area contributed by atoms with Crippen molar-refractivity contribution < 1.29 is 4.79 Å². The van der Waals surface area contributed by atoms with E-state index >= 15 is 0 Å². The molecule has 0 aliphatic rings. The largest absolute Gasteiger partial charge is 0.396 e. The third-order valence-electron chi connectivity index (χ3n) is 2.69. The van der Waals surface area contributed by atoms with E-state index in [1.54, 1.807) is 14.0 Å². The van der Waals surface area contributed by atoms with E-state index < -0.39 is 0 Å². The number of aromatic amines is 1. The van der Waals surface area contributed by atoms with E-state index in [0.717, 1.165) is 0 Å². The van der Waals surface area contributed by atoms with Crippen LogP contribution in [0.15, 0.2) is 12.1 Å². The van der Waals surface area contributed by atoms with Crippen molar-refractivity contribution in [2.45, 2.75) is 13.5 Å². The third-order valence-corrected chi connectivity index (χ3v) is 3.32. The van der Waals surface area contributed by atoms with E-state index in [9.17, 15) is 4.79 Å². The molecule has 1 aromatic carbocycles. The number of benzene rings is 1. The fraction of sp³-hybridized carbons (Fsp3) is 0.250. The number of amides is 1. The molecule has 0 unspecified atom stereocenters. The van der Waals surface area contributed by atoms with Gasteiger partial charge in [0.1, 0.15) is 5.82 Å². The molecular weight excluding hydrogens is 301 g/mol. The standard InChI is InChI=1S/C12H13Cl2N5O/c1-6-16-10(18-17-6)5-19(2)12(20)7-3-8(13)11(15)9(14)4-7/h3-4H,5,15H2,1-2H3,(H,16,17,18). The molecule has 0 atom stereocenters. The number of carbonyl (C=O) groups is 1. The van der Waals surface area contributed by atoms with Crippen LogP contribution in [0.2, 0.25) is 10.0 Å². The van der Waals surface area contributed by atoms with Gasteiger partial charge >= 0.3 is 0 Å². The summed E-state index contributed by atoms with van der Waals surface area (Å²) in [6, 6.07) is 2.98. The summed E-state index contributed by atoms with van der Waals surface area (Å²) >= 11 is 11.8. The Morgan fingerprint density at radius 1 is 1.40 bits per heavy atom. The predicted molar refractivity (Wildman–Crippen MR) is 77.8 cm³/mol. The predicted octanol–water partition coefficient (Wildman–Crippen LogP) is 2.27. The highest BCUT2D eigenvalue weighted by atomic mass is 35.5. The van der Waals surface area contributed by atoms with Crippen LogP contribution in [0, 0.1) is 6.92 Å². The molecule has 0 saturated heterocycles. The van der Waals surface area contributed by atoms with Gasteiger partial charge in [0.05, 0.1) is 22.3 Å². The van der Waals surface area contributed by atoms with Crippen molar-refractivity contribution in [3.8, 4) is 0 Å². The molecule has 0 spiro atoms. The second-order valence-electron chi connectivity index (χ2n) is 4.35. The highest BCUT2D eigenvalue weighted by Gasteiger charge is 2.16. The molecule has 1 amide bonds. The Kier molecular flexibility index (Phi) is 4.15. The van der Waals surface area contributed by atoms with Crippen molar-refractivity contribution in [2.24, 2.45) is 0 Å². The quantitative estimate of drug-likeness (QED) is 0.851. The van der Waals surface area contributed by atoms with Gasteiger partial charge in [-0.2, -0.15) is 5.10 Å². The van der Waals surface area contributed by atoms with Gasteiger partial charge in [0, 0.05) is 12.6 Å². The molecule has 106 valence electrons. The molecule has 1 aromatic heterocycles. The van der Waals surface area contributed by atoms with Crippen LogP contribution >= 0.6 is 23.2 Å². The van der Waals surface area contributed by atoms with Crippen LogP contribution in [0.4, 0.5) is 5.69 Å². The Morgan fingerprint density at radius 2 is 2.00 bits per heavy atom. The summed E-state index contributed by atoms with van der Waals surface area (Å²) in [7, 11) is 1.65. The summed E-state index contributed by atoms with van der Waals surface area (Å²) in [5, 5.41) is 7.21. The van der Waals surface area contributed by atoms with E-state index in [2.05, 4.69) is 15.2 Å². The van der Waals surface area contributed by atoms with E-state index in [1.165, 1.54) is 17.0 Å². The second kappa shape index (κ2) is 5.68. The minimum atomic E-state index is -0.240. The first-order valence-electron chi connectivity index (χ1n) is 5.76. The maximum absolute atomic E-state index is 12.3. The highest BCUT2D eigenvalue weighted by Crippen LogP contribution is 2.29. The molecule has 6 nitrogen and oxygen atoms in total. The zero-order chi connectivity index (χ0) is 14.9. The summed E-state index contributed by atoms with van der Waals surface area (Å²) in [5.74, 6) is 0.988. The Bertz CT molecular complexity index is 632. The summed E-state index contributed by atoms with van der Waals surface area (Å²) in [6.07, 6.45) is 0. The zero-order valence-electron chi connectivity index (χ0n) is 10.9. The number of aryl methyl sites for hydroxylation is 1. The van der Waals surface area contributed by atoms with Crippen LogP contribution in [0.3, 0.4) is 0 Å². The van der Waals surface area contributed by atoms with Gasteiger partial charge in [0.2, 0.25) is 0 Å². The Hall–Kier alpha value is -1.79. The number of nitrogens with one attached hydrogen (secondary N) is 1. The molecule has 2 aromatic rings. The Balaban J connectivity index is 2.18. The number of carbonyl (C=O) groups excluding carboxylic acids is 1. The van der Waals surface area contributed by atoms with Crippen LogP contribution in [0.25, 0.3) is 0 Å². The SMILES string of the molecule is Cc1nc(CN(C)C(=O)c2cc(Cl)c(N)c(Cl)c2)n[nH]1. The summed E-state index contributed by atoms with van der Waals surface area (Å²) < 4.78 is 0. The molecule has 1 heterocycles. The lowest BCUT2D eigenvalue weighted by Crippen LogP contribution is -2.26. The lowest BCUT2D eigenvalue weighted by Gasteiger charge is -2.16. The van der Waals surface area contributed by atoms with Crippen LogP contribution in [-0.2, 0) is 6.54 Å². The number of hydrogen-bond donors (Lipinski definition) is 2. The van der Waals surface area contributed by atoms with Crippen molar-refractivity contribution in [3.63, 3.8) is 0 Å². The smallest absolute Gasteiger partial charge is 0.254 e.